The van der Waals surface area contributed by atoms with Crippen LogP contribution in [0.4, 0.5) is 5.69 Å². The molecule has 4 aromatic rings. The SMILES string of the molecule is COc1cccc(Oc2ccc(C(=O)Nc3ccc4oc(=O)n(CC(=O)N5CCCCC5)c4c3)nc2)c1. The average Bonchev–Trinajstić information content (AvgIpc) is 3.23. The molecule has 0 aliphatic carbocycles. The highest BCUT2D eigenvalue weighted by atomic mass is 16.5. The van der Waals surface area contributed by atoms with Crippen LogP contribution in [-0.4, -0.2) is 46.5 Å². The summed E-state index contributed by atoms with van der Waals surface area (Å²) in [5.41, 5.74) is 1.40. The first-order valence-corrected chi connectivity index (χ1v) is 12.0. The molecule has 3 heterocycles. The van der Waals surface area contributed by atoms with Crippen LogP contribution in [0.5, 0.6) is 17.2 Å². The first-order valence-electron chi connectivity index (χ1n) is 12.0. The van der Waals surface area contributed by atoms with Gasteiger partial charge in [0.25, 0.3) is 5.91 Å². The van der Waals surface area contributed by atoms with Crippen molar-refractivity contribution in [3.63, 3.8) is 0 Å². The van der Waals surface area contributed by atoms with Crippen molar-refractivity contribution in [1.29, 1.82) is 0 Å². The fraction of sp³-hybridized carbons (Fsp3) is 0.259. The van der Waals surface area contributed by atoms with Gasteiger partial charge in [-0.25, -0.2) is 9.78 Å². The van der Waals surface area contributed by atoms with E-state index in [0.29, 0.717) is 47.1 Å². The van der Waals surface area contributed by atoms with Gasteiger partial charge in [-0.1, -0.05) is 6.07 Å². The van der Waals surface area contributed by atoms with E-state index in [9.17, 15) is 14.4 Å². The summed E-state index contributed by atoms with van der Waals surface area (Å²) in [4.78, 5) is 43.9. The van der Waals surface area contributed by atoms with Crippen LogP contribution in [0.2, 0.25) is 0 Å². The molecular formula is C27H26N4O6. The van der Waals surface area contributed by atoms with Crippen LogP contribution >= 0.6 is 0 Å². The van der Waals surface area contributed by atoms with Crippen LogP contribution < -0.4 is 20.5 Å². The predicted octanol–water partition coefficient (Wildman–Crippen LogP) is 4.06. The van der Waals surface area contributed by atoms with Crippen LogP contribution in [0.25, 0.3) is 11.1 Å². The Morgan fingerprint density at radius 3 is 2.57 bits per heavy atom. The van der Waals surface area contributed by atoms with Crippen molar-refractivity contribution in [3.05, 3.63) is 77.0 Å². The second kappa shape index (κ2) is 10.6. The maximum absolute atomic E-state index is 12.8. The van der Waals surface area contributed by atoms with Gasteiger partial charge in [0, 0.05) is 24.8 Å². The summed E-state index contributed by atoms with van der Waals surface area (Å²) >= 11 is 0. The molecule has 1 aliphatic rings. The van der Waals surface area contributed by atoms with Crippen LogP contribution in [0.3, 0.4) is 0 Å². The Morgan fingerprint density at radius 2 is 1.81 bits per heavy atom. The molecule has 2 amide bonds. The van der Waals surface area contributed by atoms with Crippen LogP contribution in [0.15, 0.2) is 70.0 Å². The summed E-state index contributed by atoms with van der Waals surface area (Å²) < 4.78 is 17.5. The summed E-state index contributed by atoms with van der Waals surface area (Å²) in [6.45, 7) is 1.28. The highest BCUT2D eigenvalue weighted by Crippen LogP contribution is 2.25. The Morgan fingerprint density at radius 1 is 1.00 bits per heavy atom. The standard InChI is InChI=1S/C27H26N4O6/c1-35-19-6-5-7-20(15-19)36-21-9-10-22(28-16-21)26(33)29-18-8-11-24-23(14-18)31(27(34)37-24)17-25(32)30-12-3-2-4-13-30/h5-11,14-16H,2-4,12-13,17H2,1H3,(H,29,33). The molecule has 10 nitrogen and oxygen atoms in total. The van der Waals surface area contributed by atoms with E-state index < -0.39 is 11.7 Å². The number of rotatable bonds is 7. The highest BCUT2D eigenvalue weighted by Gasteiger charge is 2.20. The second-order valence-corrected chi connectivity index (χ2v) is 8.69. The number of piperidine rings is 1. The average molecular weight is 503 g/mol. The van der Waals surface area contributed by atoms with E-state index in [4.69, 9.17) is 13.9 Å². The third-order valence-electron chi connectivity index (χ3n) is 6.17. The summed E-state index contributed by atoms with van der Waals surface area (Å²) in [5, 5.41) is 2.78. The number of pyridine rings is 1. The Hall–Kier alpha value is -4.60. The van der Waals surface area contributed by atoms with Gasteiger partial charge in [0.05, 0.1) is 18.8 Å². The third-order valence-corrected chi connectivity index (χ3v) is 6.17. The highest BCUT2D eigenvalue weighted by molar-refractivity contribution is 6.03. The van der Waals surface area contributed by atoms with Crippen LogP contribution in [0, 0.1) is 0 Å². The molecule has 0 bridgehead atoms. The van der Waals surface area contributed by atoms with Gasteiger partial charge in [-0.3, -0.25) is 14.2 Å². The predicted molar refractivity (Wildman–Crippen MR) is 136 cm³/mol. The minimum atomic E-state index is -0.614. The molecule has 190 valence electrons. The number of amides is 2. The van der Waals surface area contributed by atoms with E-state index in [1.54, 1.807) is 54.5 Å². The molecule has 2 aromatic heterocycles. The van der Waals surface area contributed by atoms with Crippen molar-refractivity contribution in [2.75, 3.05) is 25.5 Å². The lowest BCUT2D eigenvalue weighted by Crippen LogP contribution is -2.39. The number of oxazole rings is 1. The molecule has 2 aromatic carbocycles. The van der Waals surface area contributed by atoms with Gasteiger partial charge in [0.2, 0.25) is 5.91 Å². The molecule has 10 heteroatoms. The van der Waals surface area contributed by atoms with E-state index in [2.05, 4.69) is 10.3 Å². The zero-order valence-corrected chi connectivity index (χ0v) is 20.3. The molecule has 37 heavy (non-hydrogen) atoms. The van der Waals surface area contributed by atoms with E-state index >= 15 is 0 Å². The van der Waals surface area contributed by atoms with Crippen molar-refractivity contribution in [2.24, 2.45) is 0 Å². The molecule has 5 rings (SSSR count). The Bertz CT molecular complexity index is 1490. The van der Waals surface area contributed by atoms with Crippen molar-refractivity contribution in [3.8, 4) is 17.2 Å². The number of ether oxygens (including phenoxy) is 2. The van der Waals surface area contributed by atoms with Gasteiger partial charge < -0.3 is 24.1 Å². The van der Waals surface area contributed by atoms with Crippen molar-refractivity contribution < 1.29 is 23.5 Å². The van der Waals surface area contributed by atoms with Gasteiger partial charge in [0.15, 0.2) is 5.58 Å². The summed E-state index contributed by atoms with van der Waals surface area (Å²) in [5.74, 6) is 0.534. The summed E-state index contributed by atoms with van der Waals surface area (Å²) in [6, 6.07) is 15.2. The smallest absolute Gasteiger partial charge is 0.420 e. The van der Waals surface area contributed by atoms with Crippen molar-refractivity contribution >= 4 is 28.6 Å². The molecule has 0 saturated carbocycles. The number of aromatic nitrogens is 2. The number of carbonyl (C=O) groups is 2. The van der Waals surface area contributed by atoms with Crippen LogP contribution in [-0.2, 0) is 11.3 Å². The van der Waals surface area contributed by atoms with Gasteiger partial charge in [-0.2, -0.15) is 0 Å². The number of nitrogens with one attached hydrogen (secondary N) is 1. The number of carbonyl (C=O) groups excluding carboxylic acids is 2. The molecule has 0 spiro atoms. The quantitative estimate of drug-likeness (QED) is 0.405. The summed E-state index contributed by atoms with van der Waals surface area (Å²) in [7, 11) is 1.58. The topological polar surface area (TPSA) is 116 Å². The van der Waals surface area contributed by atoms with Gasteiger partial charge in [-0.05, 0) is 61.7 Å². The minimum absolute atomic E-state index is 0.112. The lowest BCUT2D eigenvalue weighted by Gasteiger charge is -2.26. The molecule has 1 fully saturated rings. The maximum Gasteiger partial charge on any atom is 0.420 e. The number of methoxy groups -OCH3 is 1. The molecule has 0 atom stereocenters. The van der Waals surface area contributed by atoms with Crippen LogP contribution in [0.1, 0.15) is 29.8 Å². The zero-order valence-electron chi connectivity index (χ0n) is 20.3. The second-order valence-electron chi connectivity index (χ2n) is 8.69. The lowest BCUT2D eigenvalue weighted by atomic mass is 10.1. The molecule has 0 unspecified atom stereocenters. The number of likely N-dealkylation sites (tertiary alicyclic amines) is 1. The van der Waals surface area contributed by atoms with Gasteiger partial charge in [0.1, 0.15) is 29.5 Å². The Labute approximate surface area is 212 Å². The van der Waals surface area contributed by atoms with E-state index in [-0.39, 0.29) is 18.1 Å². The number of nitrogens with zero attached hydrogens (tertiary/aromatic N) is 3. The Balaban J connectivity index is 1.28. The normalized spacial score (nSPS) is 13.4. The monoisotopic (exact) mass is 502 g/mol. The minimum Gasteiger partial charge on any atom is -0.497 e. The Kier molecular flexibility index (Phi) is 6.89. The fourth-order valence-corrected chi connectivity index (χ4v) is 4.24. The largest absolute Gasteiger partial charge is 0.497 e. The summed E-state index contributed by atoms with van der Waals surface area (Å²) in [6.07, 6.45) is 4.49. The molecule has 1 N–H and O–H groups in total. The number of benzene rings is 2. The lowest BCUT2D eigenvalue weighted by molar-refractivity contribution is -0.132. The van der Waals surface area contributed by atoms with E-state index in [1.165, 1.54) is 10.8 Å². The fourth-order valence-electron chi connectivity index (χ4n) is 4.24. The maximum atomic E-state index is 12.8. The zero-order chi connectivity index (χ0) is 25.8. The van der Waals surface area contributed by atoms with Crippen molar-refractivity contribution in [2.45, 2.75) is 25.8 Å². The number of anilines is 1. The van der Waals surface area contributed by atoms with Gasteiger partial charge >= 0.3 is 5.76 Å². The molecular weight excluding hydrogens is 476 g/mol. The third kappa shape index (κ3) is 5.48. The number of hydrogen-bond donors (Lipinski definition) is 1. The van der Waals surface area contributed by atoms with E-state index in [1.807, 2.05) is 12.1 Å². The van der Waals surface area contributed by atoms with Crippen molar-refractivity contribution in [1.82, 2.24) is 14.5 Å². The molecule has 1 aliphatic heterocycles. The number of fused-ring (bicyclic) bond motifs is 1. The number of hydrogen-bond acceptors (Lipinski definition) is 7. The molecule has 0 radical (unpaired) electrons. The first kappa shape index (κ1) is 24.1. The van der Waals surface area contributed by atoms with Gasteiger partial charge in [-0.15, -0.1) is 0 Å². The first-order chi connectivity index (χ1) is 18.0. The molecule has 1 saturated heterocycles. The van der Waals surface area contributed by atoms with E-state index in [0.717, 1.165) is 19.3 Å².